The van der Waals surface area contributed by atoms with Gasteiger partial charge in [-0.25, -0.2) is 0 Å². The summed E-state index contributed by atoms with van der Waals surface area (Å²) in [4.78, 5) is 4.39. The number of aliphatic imine (C=N–C) groups is 1. The first kappa shape index (κ1) is 7.26. The molecule has 0 fully saturated rings. The van der Waals surface area contributed by atoms with E-state index in [0.717, 1.165) is 12.1 Å². The van der Waals surface area contributed by atoms with Crippen LogP contribution in [0.15, 0.2) is 28.4 Å². The Morgan fingerprint density at radius 2 is 2.00 bits per heavy atom. The van der Waals surface area contributed by atoms with Crippen molar-refractivity contribution in [2.24, 2.45) is 4.99 Å². The molecule has 1 rings (SSSR count). The molecule has 0 bridgehead atoms. The molecule has 1 aliphatic heterocycles. The van der Waals surface area contributed by atoms with Crippen molar-refractivity contribution in [1.29, 1.82) is 0 Å². The van der Waals surface area contributed by atoms with Crippen molar-refractivity contribution in [3.63, 3.8) is 0 Å². The first-order chi connectivity index (χ1) is 4.70. The molecule has 0 aromatic carbocycles. The fourth-order valence-electron chi connectivity index (χ4n) is 0.947. The molecule has 1 heterocycles. The number of rotatable bonds is 0. The molecule has 1 nitrogen and oxygen atoms in total. The van der Waals surface area contributed by atoms with Crippen molar-refractivity contribution in [2.45, 2.75) is 27.2 Å². The molecule has 0 aromatic rings. The van der Waals surface area contributed by atoms with Crippen LogP contribution < -0.4 is 0 Å². The molecule has 0 aromatic heterocycles. The van der Waals surface area contributed by atoms with Crippen LogP contribution in [0.2, 0.25) is 0 Å². The second kappa shape index (κ2) is 2.82. The molecule has 1 heteroatoms. The minimum absolute atomic E-state index is 0.995. The maximum absolute atomic E-state index is 4.39. The van der Waals surface area contributed by atoms with Crippen molar-refractivity contribution >= 4 is 5.71 Å². The summed E-state index contributed by atoms with van der Waals surface area (Å²) in [5, 5.41) is 0. The predicted molar refractivity (Wildman–Crippen MR) is 45.2 cm³/mol. The Morgan fingerprint density at radius 1 is 1.30 bits per heavy atom. The van der Waals surface area contributed by atoms with Gasteiger partial charge in [-0.05, 0) is 26.3 Å². The molecule has 0 aliphatic carbocycles. The van der Waals surface area contributed by atoms with Crippen LogP contribution in [0.4, 0.5) is 0 Å². The van der Waals surface area contributed by atoms with Crippen LogP contribution in [-0.4, -0.2) is 5.71 Å². The molecule has 0 saturated heterocycles. The van der Waals surface area contributed by atoms with Gasteiger partial charge in [-0.15, -0.1) is 0 Å². The zero-order valence-electron chi connectivity index (χ0n) is 6.81. The van der Waals surface area contributed by atoms with E-state index in [2.05, 4.69) is 37.9 Å². The Hall–Kier alpha value is -0.850. The SMILES string of the molecule is CC1=NC(C)=C(C)C=CC1. The summed E-state index contributed by atoms with van der Waals surface area (Å²) in [7, 11) is 0. The maximum Gasteiger partial charge on any atom is 0.0401 e. The molecule has 1 aliphatic rings. The van der Waals surface area contributed by atoms with Gasteiger partial charge in [0.05, 0.1) is 0 Å². The van der Waals surface area contributed by atoms with E-state index < -0.39 is 0 Å². The molecule has 10 heavy (non-hydrogen) atoms. The molecule has 54 valence electrons. The number of hydrogen-bond acceptors (Lipinski definition) is 1. The van der Waals surface area contributed by atoms with E-state index in [4.69, 9.17) is 0 Å². The van der Waals surface area contributed by atoms with Gasteiger partial charge in [-0.3, -0.25) is 4.99 Å². The Bertz CT molecular complexity index is 219. The summed E-state index contributed by atoms with van der Waals surface area (Å²) in [6, 6.07) is 0. The largest absolute Gasteiger partial charge is 0.262 e. The summed E-state index contributed by atoms with van der Waals surface area (Å²) in [5.41, 5.74) is 3.62. The van der Waals surface area contributed by atoms with E-state index in [1.54, 1.807) is 0 Å². The lowest BCUT2D eigenvalue weighted by Crippen LogP contribution is -1.86. The van der Waals surface area contributed by atoms with Crippen molar-refractivity contribution in [3.8, 4) is 0 Å². The predicted octanol–water partition coefficient (Wildman–Crippen LogP) is 2.70. The zero-order chi connectivity index (χ0) is 7.56. The Kier molecular flexibility index (Phi) is 2.05. The highest BCUT2D eigenvalue weighted by Gasteiger charge is 1.96. The third-order valence-corrected chi connectivity index (χ3v) is 1.71. The highest BCUT2D eigenvalue weighted by molar-refractivity contribution is 5.84. The standard InChI is InChI=1S/C9H13N/c1-7-5-4-6-8(2)10-9(7)3/h4-5H,6H2,1-3H3. The number of nitrogens with zero attached hydrogens (tertiary/aromatic N) is 1. The molecule has 0 saturated carbocycles. The van der Waals surface area contributed by atoms with E-state index in [1.807, 2.05) is 0 Å². The topological polar surface area (TPSA) is 12.4 Å². The maximum atomic E-state index is 4.39. The highest BCUT2D eigenvalue weighted by Crippen LogP contribution is 2.11. The minimum atomic E-state index is 0.995. The first-order valence-electron chi connectivity index (χ1n) is 3.58. The molecular formula is C9H13N. The molecule has 0 atom stereocenters. The second-order valence-corrected chi connectivity index (χ2v) is 2.72. The van der Waals surface area contributed by atoms with Crippen molar-refractivity contribution in [3.05, 3.63) is 23.4 Å². The van der Waals surface area contributed by atoms with Crippen molar-refractivity contribution in [1.82, 2.24) is 0 Å². The average Bonchev–Trinajstić information content (AvgIpc) is 1.96. The molecule has 0 radical (unpaired) electrons. The third kappa shape index (κ3) is 1.56. The van der Waals surface area contributed by atoms with Gasteiger partial charge >= 0.3 is 0 Å². The number of hydrogen-bond donors (Lipinski definition) is 0. The monoisotopic (exact) mass is 135 g/mol. The third-order valence-electron chi connectivity index (χ3n) is 1.71. The fraction of sp³-hybridized carbons (Fsp3) is 0.444. The van der Waals surface area contributed by atoms with E-state index >= 15 is 0 Å². The molecule has 0 unspecified atom stereocenters. The van der Waals surface area contributed by atoms with Gasteiger partial charge < -0.3 is 0 Å². The van der Waals surface area contributed by atoms with Crippen LogP contribution in [0.25, 0.3) is 0 Å². The lowest BCUT2D eigenvalue weighted by molar-refractivity contribution is 1.23. The average molecular weight is 135 g/mol. The first-order valence-corrected chi connectivity index (χ1v) is 3.58. The lowest BCUT2D eigenvalue weighted by atomic mass is 10.2. The quantitative estimate of drug-likeness (QED) is 0.484. The highest BCUT2D eigenvalue weighted by atomic mass is 14.7. The summed E-state index contributed by atoms with van der Waals surface area (Å²) >= 11 is 0. The van der Waals surface area contributed by atoms with Gasteiger partial charge in [0.25, 0.3) is 0 Å². The minimum Gasteiger partial charge on any atom is -0.262 e. The smallest absolute Gasteiger partial charge is 0.0401 e. The lowest BCUT2D eigenvalue weighted by Gasteiger charge is -1.94. The molecule has 0 N–H and O–H groups in total. The summed E-state index contributed by atoms with van der Waals surface area (Å²) in [6.07, 6.45) is 5.29. The molecular weight excluding hydrogens is 122 g/mol. The van der Waals surface area contributed by atoms with Gasteiger partial charge in [0.1, 0.15) is 0 Å². The van der Waals surface area contributed by atoms with Crippen LogP contribution in [0.3, 0.4) is 0 Å². The van der Waals surface area contributed by atoms with Gasteiger partial charge in [0, 0.05) is 17.8 Å². The zero-order valence-corrected chi connectivity index (χ0v) is 6.81. The van der Waals surface area contributed by atoms with Gasteiger partial charge in [-0.2, -0.15) is 0 Å². The van der Waals surface area contributed by atoms with Crippen LogP contribution in [0, 0.1) is 0 Å². The Morgan fingerprint density at radius 3 is 2.70 bits per heavy atom. The van der Waals surface area contributed by atoms with Crippen LogP contribution in [0.5, 0.6) is 0 Å². The van der Waals surface area contributed by atoms with Crippen LogP contribution in [0.1, 0.15) is 27.2 Å². The second-order valence-electron chi connectivity index (χ2n) is 2.72. The van der Waals surface area contributed by atoms with Gasteiger partial charge in [0.2, 0.25) is 0 Å². The van der Waals surface area contributed by atoms with Crippen LogP contribution in [-0.2, 0) is 0 Å². The Balaban J connectivity index is 2.98. The summed E-state index contributed by atoms with van der Waals surface area (Å²) in [6.45, 7) is 6.20. The fourth-order valence-corrected chi connectivity index (χ4v) is 0.947. The van der Waals surface area contributed by atoms with Crippen LogP contribution >= 0.6 is 0 Å². The van der Waals surface area contributed by atoms with Gasteiger partial charge in [-0.1, -0.05) is 12.2 Å². The van der Waals surface area contributed by atoms with E-state index in [0.29, 0.717) is 0 Å². The molecule has 0 amide bonds. The van der Waals surface area contributed by atoms with E-state index in [1.165, 1.54) is 11.3 Å². The van der Waals surface area contributed by atoms with Gasteiger partial charge in [0.15, 0.2) is 0 Å². The van der Waals surface area contributed by atoms with E-state index in [-0.39, 0.29) is 0 Å². The van der Waals surface area contributed by atoms with Crippen molar-refractivity contribution < 1.29 is 0 Å². The number of allylic oxidation sites excluding steroid dienone is 4. The van der Waals surface area contributed by atoms with E-state index in [9.17, 15) is 0 Å². The molecule has 0 spiro atoms. The van der Waals surface area contributed by atoms with Crippen molar-refractivity contribution in [2.75, 3.05) is 0 Å². The summed E-state index contributed by atoms with van der Waals surface area (Å²) < 4.78 is 0. The summed E-state index contributed by atoms with van der Waals surface area (Å²) in [5.74, 6) is 0. The Labute approximate surface area is 62.2 Å². The normalized spacial score (nSPS) is 18.9.